The Kier molecular flexibility index (Phi) is 6.38. The molecule has 3 rings (SSSR count). The molecule has 12 heteroatoms. The molecule has 0 aliphatic carbocycles. The molecular weight excluding hydrogens is 435 g/mol. The second-order valence-corrected chi connectivity index (χ2v) is 7.90. The summed E-state index contributed by atoms with van der Waals surface area (Å²) in [5.41, 5.74) is 3.05. The smallest absolute Gasteiger partial charge is 0.330 e. The monoisotopic (exact) mass is 460 g/mol. The molecule has 4 N–H and O–H groups in total. The number of halogens is 1. The van der Waals surface area contributed by atoms with E-state index >= 15 is 0 Å². The summed E-state index contributed by atoms with van der Waals surface area (Å²) in [6.07, 6.45) is 1.39. The molecule has 33 heavy (non-hydrogen) atoms. The van der Waals surface area contributed by atoms with Crippen molar-refractivity contribution in [3.63, 3.8) is 0 Å². The van der Waals surface area contributed by atoms with E-state index < -0.39 is 47.0 Å². The van der Waals surface area contributed by atoms with Crippen LogP contribution in [0.3, 0.4) is 0 Å². The lowest BCUT2D eigenvalue weighted by atomic mass is 9.92. The first kappa shape index (κ1) is 23.7. The number of H-pyrrole nitrogens is 1. The number of amides is 4. The second kappa shape index (κ2) is 8.88. The van der Waals surface area contributed by atoms with Crippen LogP contribution in [0.25, 0.3) is 0 Å². The van der Waals surface area contributed by atoms with Crippen LogP contribution in [0, 0.1) is 5.82 Å². The van der Waals surface area contributed by atoms with Crippen LogP contribution in [0.4, 0.5) is 20.7 Å². The average Bonchev–Trinajstić information content (AvgIpc) is 2.97. The van der Waals surface area contributed by atoms with Gasteiger partial charge in [0.2, 0.25) is 5.91 Å². The Hall–Kier alpha value is -3.96. The van der Waals surface area contributed by atoms with E-state index in [0.717, 1.165) is 28.0 Å². The summed E-state index contributed by atoms with van der Waals surface area (Å²) in [7, 11) is 1.26. The standard InChI is InChI=1S/C21H25FN6O5/c1-4-5-10-27-16(23)15(17(30)24-19(27)32)26(3)14(29)11-28-18(31)21(2,25-20(28)33)12-6-8-13(22)9-7-12/h6-9H,4-5,10-11,23H2,1-3H3,(H,25,33)(H,24,30,32). The molecule has 1 aromatic carbocycles. The van der Waals surface area contributed by atoms with Gasteiger partial charge in [-0.15, -0.1) is 0 Å². The summed E-state index contributed by atoms with van der Waals surface area (Å²) in [5.74, 6) is -2.19. The summed E-state index contributed by atoms with van der Waals surface area (Å²) in [4.78, 5) is 66.6. The summed E-state index contributed by atoms with van der Waals surface area (Å²) in [6, 6.07) is 4.23. The van der Waals surface area contributed by atoms with Gasteiger partial charge >= 0.3 is 11.7 Å². The van der Waals surface area contributed by atoms with Crippen molar-refractivity contribution in [3.05, 3.63) is 56.5 Å². The van der Waals surface area contributed by atoms with E-state index in [9.17, 15) is 28.4 Å². The molecule has 1 unspecified atom stereocenters. The number of likely N-dealkylation sites (N-methyl/N-ethyl adjacent to an activating group) is 1. The fourth-order valence-corrected chi connectivity index (χ4v) is 3.63. The number of nitrogen functional groups attached to an aromatic ring is 1. The zero-order valence-electron chi connectivity index (χ0n) is 18.5. The minimum absolute atomic E-state index is 0.193. The molecule has 1 aliphatic rings. The maximum Gasteiger partial charge on any atom is 0.330 e. The van der Waals surface area contributed by atoms with Crippen LogP contribution < -0.4 is 27.2 Å². The molecule has 1 aliphatic heterocycles. The van der Waals surface area contributed by atoms with Gasteiger partial charge in [0.15, 0.2) is 5.69 Å². The predicted octanol–water partition coefficient (Wildman–Crippen LogP) is 0.488. The lowest BCUT2D eigenvalue weighted by Gasteiger charge is -2.24. The average molecular weight is 460 g/mol. The van der Waals surface area contributed by atoms with Crippen molar-refractivity contribution in [3.8, 4) is 0 Å². The van der Waals surface area contributed by atoms with E-state index in [4.69, 9.17) is 5.73 Å². The van der Waals surface area contributed by atoms with E-state index in [-0.39, 0.29) is 18.1 Å². The number of imide groups is 1. The van der Waals surface area contributed by atoms with Gasteiger partial charge < -0.3 is 16.0 Å². The van der Waals surface area contributed by atoms with Crippen molar-refractivity contribution in [2.75, 3.05) is 24.2 Å². The van der Waals surface area contributed by atoms with Crippen LogP contribution in [0.2, 0.25) is 0 Å². The predicted molar refractivity (Wildman–Crippen MR) is 118 cm³/mol. The number of benzene rings is 1. The quantitative estimate of drug-likeness (QED) is 0.512. The van der Waals surface area contributed by atoms with E-state index in [0.29, 0.717) is 16.9 Å². The third-order valence-electron chi connectivity index (χ3n) is 5.65. The van der Waals surface area contributed by atoms with Crippen LogP contribution in [0.5, 0.6) is 0 Å². The molecule has 176 valence electrons. The molecule has 2 aromatic rings. The van der Waals surface area contributed by atoms with E-state index in [1.807, 2.05) is 6.92 Å². The molecule has 1 atom stereocenters. The highest BCUT2D eigenvalue weighted by Gasteiger charge is 2.49. The number of carbonyl (C=O) groups excluding carboxylic acids is 3. The van der Waals surface area contributed by atoms with Crippen LogP contribution in [0.1, 0.15) is 32.3 Å². The number of hydrogen-bond acceptors (Lipinski definition) is 6. The maximum absolute atomic E-state index is 13.3. The number of nitrogens with two attached hydrogens (primary N) is 1. The van der Waals surface area contributed by atoms with Gasteiger partial charge in [0.25, 0.3) is 11.5 Å². The van der Waals surface area contributed by atoms with Gasteiger partial charge in [-0.25, -0.2) is 14.0 Å². The summed E-state index contributed by atoms with van der Waals surface area (Å²) in [6.45, 7) is 2.93. The Bertz CT molecular complexity index is 1220. The van der Waals surface area contributed by atoms with Crippen molar-refractivity contribution in [2.24, 2.45) is 0 Å². The van der Waals surface area contributed by atoms with Crippen LogP contribution in [-0.4, -0.2) is 45.9 Å². The number of anilines is 2. The Morgan fingerprint density at radius 1 is 1.18 bits per heavy atom. The third-order valence-corrected chi connectivity index (χ3v) is 5.65. The third kappa shape index (κ3) is 4.23. The minimum atomic E-state index is -1.49. The molecule has 1 saturated heterocycles. The van der Waals surface area contributed by atoms with Gasteiger partial charge in [-0.05, 0) is 31.0 Å². The number of nitrogens with zero attached hydrogens (tertiary/aromatic N) is 3. The number of aromatic amines is 1. The van der Waals surface area contributed by atoms with Gasteiger partial charge in [-0.1, -0.05) is 25.5 Å². The van der Waals surface area contributed by atoms with Crippen LogP contribution in [-0.2, 0) is 21.7 Å². The second-order valence-electron chi connectivity index (χ2n) is 7.90. The van der Waals surface area contributed by atoms with Crippen molar-refractivity contribution < 1.29 is 18.8 Å². The minimum Gasteiger partial charge on any atom is -0.383 e. The fraction of sp³-hybridized carbons (Fsp3) is 0.381. The topological polar surface area (TPSA) is 151 Å². The number of carbonyl (C=O) groups is 3. The van der Waals surface area contributed by atoms with Gasteiger partial charge in [0, 0.05) is 13.6 Å². The summed E-state index contributed by atoms with van der Waals surface area (Å²) in [5, 5.41) is 2.52. The normalized spacial score (nSPS) is 17.9. The first-order chi connectivity index (χ1) is 15.5. The lowest BCUT2D eigenvalue weighted by molar-refractivity contribution is -0.134. The van der Waals surface area contributed by atoms with Gasteiger partial charge in [-0.2, -0.15) is 0 Å². The number of rotatable bonds is 7. The zero-order valence-corrected chi connectivity index (χ0v) is 18.5. The van der Waals surface area contributed by atoms with Crippen molar-refractivity contribution >= 4 is 29.4 Å². The largest absolute Gasteiger partial charge is 0.383 e. The van der Waals surface area contributed by atoms with Crippen molar-refractivity contribution in [1.82, 2.24) is 19.8 Å². The highest BCUT2D eigenvalue weighted by molar-refractivity contribution is 6.10. The van der Waals surface area contributed by atoms with Crippen LogP contribution in [0.15, 0.2) is 33.9 Å². The Labute approximate surface area is 188 Å². The van der Waals surface area contributed by atoms with E-state index in [2.05, 4.69) is 10.3 Å². The number of urea groups is 1. The highest BCUT2D eigenvalue weighted by Crippen LogP contribution is 2.29. The van der Waals surface area contributed by atoms with E-state index in [1.165, 1.54) is 26.1 Å². The highest BCUT2D eigenvalue weighted by atomic mass is 19.1. The molecule has 0 radical (unpaired) electrons. The zero-order chi connectivity index (χ0) is 24.5. The Morgan fingerprint density at radius 2 is 1.82 bits per heavy atom. The van der Waals surface area contributed by atoms with Gasteiger partial charge in [0.1, 0.15) is 23.7 Å². The van der Waals surface area contributed by atoms with Crippen molar-refractivity contribution in [1.29, 1.82) is 0 Å². The number of nitrogens with one attached hydrogen (secondary N) is 2. The number of hydrogen-bond donors (Lipinski definition) is 3. The summed E-state index contributed by atoms with van der Waals surface area (Å²) < 4.78 is 14.4. The van der Waals surface area contributed by atoms with Gasteiger partial charge in [-0.3, -0.25) is 28.8 Å². The van der Waals surface area contributed by atoms with Crippen molar-refractivity contribution in [2.45, 2.75) is 38.8 Å². The molecule has 0 saturated carbocycles. The SMILES string of the molecule is CCCCn1c(N)c(N(C)C(=O)CN2C(=O)NC(C)(c3ccc(F)cc3)C2=O)c(=O)[nH]c1=O. The molecule has 11 nitrogen and oxygen atoms in total. The fourth-order valence-electron chi connectivity index (χ4n) is 3.63. The molecule has 1 fully saturated rings. The first-order valence-electron chi connectivity index (χ1n) is 10.3. The Balaban J connectivity index is 1.86. The molecular formula is C21H25FN6O5. The lowest BCUT2D eigenvalue weighted by Crippen LogP contribution is -2.46. The first-order valence-corrected chi connectivity index (χ1v) is 10.3. The molecule has 4 amide bonds. The molecule has 1 aromatic heterocycles. The maximum atomic E-state index is 13.3. The van der Waals surface area contributed by atoms with Gasteiger partial charge in [0.05, 0.1) is 0 Å². The number of aromatic nitrogens is 2. The Morgan fingerprint density at radius 3 is 2.42 bits per heavy atom. The van der Waals surface area contributed by atoms with Crippen LogP contribution >= 0.6 is 0 Å². The molecule has 0 spiro atoms. The molecule has 2 heterocycles. The number of unbranched alkanes of at least 4 members (excludes halogenated alkanes) is 1. The summed E-state index contributed by atoms with van der Waals surface area (Å²) >= 11 is 0. The molecule has 0 bridgehead atoms. The van der Waals surface area contributed by atoms with E-state index in [1.54, 1.807) is 0 Å².